The fourth-order valence-electron chi connectivity index (χ4n) is 5.29. The lowest BCUT2D eigenvalue weighted by atomic mass is 9.81. The average molecular weight is 536 g/mol. The first kappa shape index (κ1) is 26.0. The molecule has 0 aromatic carbocycles. The fourth-order valence-corrected chi connectivity index (χ4v) is 6.24. The summed E-state index contributed by atoms with van der Waals surface area (Å²) in [6.07, 6.45) is 3.34. The topological polar surface area (TPSA) is 71.8 Å². The monoisotopic (exact) mass is 535 g/mol. The van der Waals surface area contributed by atoms with Gasteiger partial charge in [0, 0.05) is 43.2 Å². The number of alkyl halides is 3. The number of fused-ring (bicyclic) bond motifs is 2. The SMILES string of the molecule is Cc1cc2c(C(=O)NC3CCC(F)(CCN4CCc5nc(OCC(F)F)sc5CC4)CC3)cccn2n1. The molecule has 1 fully saturated rings. The van der Waals surface area contributed by atoms with Gasteiger partial charge in [0.2, 0.25) is 0 Å². The van der Waals surface area contributed by atoms with Crippen LogP contribution in [0.3, 0.4) is 0 Å². The number of thiazole rings is 1. The number of hydrogen-bond donors (Lipinski definition) is 1. The van der Waals surface area contributed by atoms with Gasteiger partial charge in [-0.05, 0) is 63.6 Å². The van der Waals surface area contributed by atoms with Crippen LogP contribution in [-0.4, -0.2) is 69.8 Å². The highest BCUT2D eigenvalue weighted by Crippen LogP contribution is 2.36. The minimum absolute atomic E-state index is 0.0395. The standard InChI is InChI=1S/C26H32F3N5O2S/c1-17-15-21-19(3-2-11-34(21)32-17)24(35)30-18-4-8-26(29,9-5-18)10-14-33-12-6-20-22(7-13-33)37-25(31-20)36-16-23(27)28/h2-3,11,15,18,23H,4-10,12-14,16H2,1H3,(H,30,35). The van der Waals surface area contributed by atoms with Crippen molar-refractivity contribution in [1.82, 2.24) is 24.8 Å². The third-order valence-corrected chi connectivity index (χ3v) is 8.44. The number of halogens is 3. The Bertz CT molecular complexity index is 1210. The molecule has 3 aromatic rings. The van der Waals surface area contributed by atoms with Gasteiger partial charge >= 0.3 is 0 Å². The number of rotatable bonds is 8. The number of aryl methyl sites for hydroxylation is 1. The van der Waals surface area contributed by atoms with E-state index >= 15 is 4.39 Å². The molecule has 0 unspecified atom stereocenters. The van der Waals surface area contributed by atoms with Gasteiger partial charge in [-0.2, -0.15) is 5.10 Å². The van der Waals surface area contributed by atoms with Crippen LogP contribution in [0, 0.1) is 6.92 Å². The molecule has 0 radical (unpaired) electrons. The smallest absolute Gasteiger partial charge is 0.273 e. The maximum atomic E-state index is 15.6. The molecule has 1 N–H and O–H groups in total. The molecule has 1 saturated carbocycles. The third-order valence-electron chi connectivity index (χ3n) is 7.37. The van der Waals surface area contributed by atoms with Crippen LogP contribution in [0.5, 0.6) is 5.19 Å². The van der Waals surface area contributed by atoms with E-state index in [0.29, 0.717) is 55.8 Å². The van der Waals surface area contributed by atoms with Crippen molar-refractivity contribution in [3.05, 3.63) is 46.2 Å². The average Bonchev–Trinajstić information content (AvgIpc) is 3.40. The van der Waals surface area contributed by atoms with Gasteiger partial charge in [0.15, 0.2) is 6.61 Å². The van der Waals surface area contributed by atoms with Gasteiger partial charge < -0.3 is 15.0 Å². The van der Waals surface area contributed by atoms with Gasteiger partial charge in [-0.3, -0.25) is 4.79 Å². The van der Waals surface area contributed by atoms with Gasteiger partial charge in [0.05, 0.1) is 22.5 Å². The quantitative estimate of drug-likeness (QED) is 0.456. The Morgan fingerprint density at radius 3 is 2.86 bits per heavy atom. The van der Waals surface area contributed by atoms with Gasteiger partial charge in [0.25, 0.3) is 17.5 Å². The number of aromatic nitrogens is 3. The van der Waals surface area contributed by atoms with E-state index < -0.39 is 18.7 Å². The lowest BCUT2D eigenvalue weighted by Crippen LogP contribution is -2.43. The summed E-state index contributed by atoms with van der Waals surface area (Å²) in [6, 6.07) is 5.45. The van der Waals surface area contributed by atoms with Crippen molar-refractivity contribution in [3.8, 4) is 5.19 Å². The molecule has 0 atom stereocenters. The van der Waals surface area contributed by atoms with Crippen LogP contribution in [-0.2, 0) is 12.8 Å². The minimum atomic E-state index is -2.51. The van der Waals surface area contributed by atoms with Crippen LogP contribution in [0.25, 0.3) is 5.52 Å². The summed E-state index contributed by atoms with van der Waals surface area (Å²) in [4.78, 5) is 20.6. The van der Waals surface area contributed by atoms with Gasteiger partial charge in [-0.25, -0.2) is 22.7 Å². The van der Waals surface area contributed by atoms with E-state index in [-0.39, 0.29) is 11.9 Å². The van der Waals surface area contributed by atoms with E-state index in [1.54, 1.807) is 16.6 Å². The van der Waals surface area contributed by atoms with Gasteiger partial charge in [-0.1, -0.05) is 11.3 Å². The third kappa shape index (κ3) is 6.26. The zero-order valence-electron chi connectivity index (χ0n) is 20.9. The molecule has 37 heavy (non-hydrogen) atoms. The molecule has 4 heterocycles. The molecule has 0 spiro atoms. The molecule has 7 nitrogen and oxygen atoms in total. The van der Waals surface area contributed by atoms with E-state index in [0.717, 1.165) is 41.3 Å². The summed E-state index contributed by atoms with van der Waals surface area (Å²) in [7, 11) is 0. The van der Waals surface area contributed by atoms with E-state index in [4.69, 9.17) is 4.74 Å². The predicted octanol–water partition coefficient (Wildman–Crippen LogP) is 4.61. The first-order valence-corrected chi connectivity index (χ1v) is 13.7. The van der Waals surface area contributed by atoms with Crippen molar-refractivity contribution in [1.29, 1.82) is 0 Å². The molecule has 0 bridgehead atoms. The molecule has 11 heteroatoms. The predicted molar refractivity (Wildman–Crippen MR) is 136 cm³/mol. The molecule has 1 aliphatic heterocycles. The Kier molecular flexibility index (Phi) is 7.71. The summed E-state index contributed by atoms with van der Waals surface area (Å²) in [5, 5.41) is 7.77. The molecule has 5 rings (SSSR count). The van der Waals surface area contributed by atoms with Crippen LogP contribution in [0.2, 0.25) is 0 Å². The molecule has 1 aliphatic carbocycles. The maximum absolute atomic E-state index is 15.6. The Balaban J connectivity index is 1.08. The number of nitrogens with one attached hydrogen (secondary N) is 1. The second kappa shape index (κ2) is 11.0. The number of carbonyl (C=O) groups excluding carboxylic acids is 1. The van der Waals surface area contributed by atoms with Crippen LogP contribution < -0.4 is 10.1 Å². The van der Waals surface area contributed by atoms with E-state index in [2.05, 4.69) is 20.3 Å². The Morgan fingerprint density at radius 2 is 2.08 bits per heavy atom. The van der Waals surface area contributed by atoms with E-state index in [1.165, 1.54) is 11.3 Å². The minimum Gasteiger partial charge on any atom is -0.464 e. The molecule has 3 aromatic heterocycles. The van der Waals surface area contributed by atoms with Gasteiger partial charge in [0.1, 0.15) is 5.67 Å². The van der Waals surface area contributed by atoms with Crippen molar-refractivity contribution in [2.75, 3.05) is 26.2 Å². The maximum Gasteiger partial charge on any atom is 0.273 e. The normalized spacial score (nSPS) is 22.7. The highest BCUT2D eigenvalue weighted by Gasteiger charge is 2.36. The lowest BCUT2D eigenvalue weighted by molar-refractivity contribution is 0.0645. The number of amides is 1. The first-order chi connectivity index (χ1) is 17.8. The summed E-state index contributed by atoms with van der Waals surface area (Å²) in [5.74, 6) is -0.143. The molecule has 1 amide bonds. The first-order valence-electron chi connectivity index (χ1n) is 12.8. The van der Waals surface area contributed by atoms with Crippen molar-refractivity contribution in [3.63, 3.8) is 0 Å². The molecule has 0 saturated heterocycles. The summed E-state index contributed by atoms with van der Waals surface area (Å²) < 4.78 is 47.2. The lowest BCUT2D eigenvalue weighted by Gasteiger charge is -2.35. The summed E-state index contributed by atoms with van der Waals surface area (Å²) in [6.45, 7) is 3.47. The Hall–Kier alpha value is -2.66. The molecule has 200 valence electrons. The van der Waals surface area contributed by atoms with E-state index in [9.17, 15) is 13.6 Å². The Morgan fingerprint density at radius 1 is 1.30 bits per heavy atom. The molecular weight excluding hydrogens is 503 g/mol. The summed E-state index contributed by atoms with van der Waals surface area (Å²) >= 11 is 1.34. The number of ether oxygens (including phenoxy) is 1. The zero-order chi connectivity index (χ0) is 26.0. The Labute approximate surface area is 218 Å². The number of hydrogen-bond acceptors (Lipinski definition) is 6. The van der Waals surface area contributed by atoms with Crippen molar-refractivity contribution in [2.45, 2.75) is 70.0 Å². The zero-order valence-corrected chi connectivity index (χ0v) is 21.7. The van der Waals surface area contributed by atoms with Crippen LogP contribution in [0.4, 0.5) is 13.2 Å². The fraction of sp³-hybridized carbons (Fsp3) is 0.577. The number of nitrogens with zero attached hydrogens (tertiary/aromatic N) is 4. The van der Waals surface area contributed by atoms with Crippen molar-refractivity contribution < 1.29 is 22.7 Å². The van der Waals surface area contributed by atoms with Crippen molar-refractivity contribution in [2.24, 2.45) is 0 Å². The van der Waals surface area contributed by atoms with Crippen LogP contribution in [0.15, 0.2) is 24.4 Å². The van der Waals surface area contributed by atoms with Crippen molar-refractivity contribution >= 4 is 22.8 Å². The second-order valence-corrected chi connectivity index (χ2v) is 11.1. The molecule has 2 aliphatic rings. The van der Waals surface area contributed by atoms with Gasteiger partial charge in [-0.15, -0.1) is 0 Å². The number of pyridine rings is 1. The van der Waals surface area contributed by atoms with Crippen LogP contribution >= 0.6 is 11.3 Å². The highest BCUT2D eigenvalue weighted by molar-refractivity contribution is 7.13. The summed E-state index contributed by atoms with van der Waals surface area (Å²) in [5.41, 5.74) is 1.88. The number of carbonyl (C=O) groups is 1. The van der Waals surface area contributed by atoms with Crippen LogP contribution in [0.1, 0.15) is 58.7 Å². The molecular formula is C26H32F3N5O2S. The second-order valence-electron chi connectivity index (χ2n) is 10.1. The van der Waals surface area contributed by atoms with E-state index in [1.807, 2.05) is 19.2 Å². The largest absolute Gasteiger partial charge is 0.464 e. The highest BCUT2D eigenvalue weighted by atomic mass is 32.1.